The second-order valence-electron chi connectivity index (χ2n) is 3.70. The fourth-order valence-corrected chi connectivity index (χ4v) is 1.74. The molecule has 0 aromatic carbocycles. The van der Waals surface area contributed by atoms with Crippen LogP contribution in [0.3, 0.4) is 0 Å². The Bertz CT molecular complexity index is 470. The maximum Gasteiger partial charge on any atom is 0.146 e. The Balaban J connectivity index is 2.48. The first-order valence-corrected chi connectivity index (χ1v) is 5.21. The molecule has 0 aliphatic rings. The van der Waals surface area contributed by atoms with E-state index in [1.54, 1.807) is 12.3 Å². The molecule has 0 amide bonds. The number of hydrogen-bond acceptors (Lipinski definition) is 4. The molecule has 0 aliphatic carbocycles. The van der Waals surface area contributed by atoms with E-state index in [0.717, 1.165) is 11.8 Å². The standard InChI is InChI=1S/C12H13FN4/c1-8-3-2-5-16-11(8)12(17-14)9-4-6-15-7-10(9)13/h2-7,12,17H,14H2,1H3. The molecule has 0 spiro atoms. The van der Waals surface area contributed by atoms with Crippen LogP contribution in [0.1, 0.15) is 22.9 Å². The zero-order valence-electron chi connectivity index (χ0n) is 9.39. The lowest BCUT2D eigenvalue weighted by Gasteiger charge is -2.17. The van der Waals surface area contributed by atoms with Gasteiger partial charge in [0, 0.05) is 18.0 Å². The Kier molecular flexibility index (Phi) is 3.41. The minimum Gasteiger partial charge on any atom is -0.271 e. The molecule has 4 nitrogen and oxygen atoms in total. The SMILES string of the molecule is Cc1cccnc1C(NN)c1ccncc1F. The summed E-state index contributed by atoms with van der Waals surface area (Å²) < 4.78 is 13.7. The Morgan fingerprint density at radius 2 is 2.18 bits per heavy atom. The molecule has 5 heteroatoms. The van der Waals surface area contributed by atoms with E-state index in [1.807, 2.05) is 19.1 Å². The minimum atomic E-state index is -0.473. The minimum absolute atomic E-state index is 0.402. The highest BCUT2D eigenvalue weighted by atomic mass is 19.1. The van der Waals surface area contributed by atoms with E-state index in [-0.39, 0.29) is 0 Å². The lowest BCUT2D eigenvalue weighted by Crippen LogP contribution is -2.30. The number of nitrogens with zero attached hydrogens (tertiary/aromatic N) is 2. The van der Waals surface area contributed by atoms with Gasteiger partial charge in [-0.3, -0.25) is 15.8 Å². The van der Waals surface area contributed by atoms with E-state index < -0.39 is 11.9 Å². The highest BCUT2D eigenvalue weighted by Crippen LogP contribution is 2.23. The second kappa shape index (κ2) is 4.99. The third-order valence-corrected chi connectivity index (χ3v) is 2.60. The van der Waals surface area contributed by atoms with Crippen LogP contribution < -0.4 is 11.3 Å². The monoisotopic (exact) mass is 232 g/mol. The van der Waals surface area contributed by atoms with E-state index in [9.17, 15) is 4.39 Å². The molecule has 0 radical (unpaired) electrons. The number of pyridine rings is 2. The summed E-state index contributed by atoms with van der Waals surface area (Å²) in [6, 6.07) is 4.86. The third kappa shape index (κ3) is 2.30. The van der Waals surface area contributed by atoms with Gasteiger partial charge in [0.25, 0.3) is 0 Å². The van der Waals surface area contributed by atoms with Crippen LogP contribution in [0.5, 0.6) is 0 Å². The molecule has 2 heterocycles. The van der Waals surface area contributed by atoms with Crippen molar-refractivity contribution < 1.29 is 4.39 Å². The topological polar surface area (TPSA) is 63.8 Å². The summed E-state index contributed by atoms with van der Waals surface area (Å²) in [5.74, 6) is 5.10. The van der Waals surface area contributed by atoms with Crippen LogP contribution in [0.15, 0.2) is 36.8 Å². The number of rotatable bonds is 3. The molecule has 0 fully saturated rings. The van der Waals surface area contributed by atoms with Gasteiger partial charge >= 0.3 is 0 Å². The van der Waals surface area contributed by atoms with Crippen LogP contribution in [-0.2, 0) is 0 Å². The number of nitrogens with two attached hydrogens (primary N) is 1. The van der Waals surface area contributed by atoms with Crippen molar-refractivity contribution in [2.45, 2.75) is 13.0 Å². The van der Waals surface area contributed by atoms with E-state index >= 15 is 0 Å². The lowest BCUT2D eigenvalue weighted by molar-refractivity contribution is 0.547. The summed E-state index contributed by atoms with van der Waals surface area (Å²) >= 11 is 0. The van der Waals surface area contributed by atoms with Gasteiger partial charge in [-0.25, -0.2) is 9.82 Å². The van der Waals surface area contributed by atoms with Gasteiger partial charge in [-0.15, -0.1) is 0 Å². The van der Waals surface area contributed by atoms with Crippen LogP contribution >= 0.6 is 0 Å². The van der Waals surface area contributed by atoms with Crippen molar-refractivity contribution in [3.63, 3.8) is 0 Å². The largest absolute Gasteiger partial charge is 0.271 e. The first-order valence-electron chi connectivity index (χ1n) is 5.21. The predicted octanol–water partition coefficient (Wildman–Crippen LogP) is 1.48. The maximum atomic E-state index is 13.7. The number of hydrogen-bond donors (Lipinski definition) is 2. The average Bonchev–Trinajstić information content (AvgIpc) is 2.34. The van der Waals surface area contributed by atoms with Crippen molar-refractivity contribution in [2.24, 2.45) is 5.84 Å². The summed E-state index contributed by atoms with van der Waals surface area (Å²) in [5.41, 5.74) is 4.68. The summed E-state index contributed by atoms with van der Waals surface area (Å²) in [7, 11) is 0. The van der Waals surface area contributed by atoms with Gasteiger partial charge < -0.3 is 0 Å². The van der Waals surface area contributed by atoms with E-state index in [0.29, 0.717) is 11.3 Å². The molecule has 1 atom stereocenters. The maximum absolute atomic E-state index is 13.7. The smallest absolute Gasteiger partial charge is 0.146 e. The van der Waals surface area contributed by atoms with E-state index in [2.05, 4.69) is 15.4 Å². The number of aromatic nitrogens is 2. The van der Waals surface area contributed by atoms with E-state index in [4.69, 9.17) is 5.84 Å². The number of halogens is 1. The van der Waals surface area contributed by atoms with Crippen molar-refractivity contribution in [1.82, 2.24) is 15.4 Å². The zero-order chi connectivity index (χ0) is 12.3. The molecular weight excluding hydrogens is 219 g/mol. The summed E-state index contributed by atoms with van der Waals surface area (Å²) in [6.45, 7) is 1.91. The van der Waals surface area contributed by atoms with Gasteiger partial charge in [0.1, 0.15) is 5.82 Å². The molecule has 17 heavy (non-hydrogen) atoms. The summed E-state index contributed by atoms with van der Waals surface area (Å²) in [6.07, 6.45) is 4.35. The average molecular weight is 232 g/mol. The quantitative estimate of drug-likeness (QED) is 0.621. The van der Waals surface area contributed by atoms with E-state index in [1.165, 1.54) is 6.20 Å². The fourth-order valence-electron chi connectivity index (χ4n) is 1.74. The van der Waals surface area contributed by atoms with Gasteiger partial charge in [0.2, 0.25) is 0 Å². The molecule has 2 rings (SSSR count). The highest BCUT2D eigenvalue weighted by molar-refractivity contribution is 5.31. The Labute approximate surface area is 98.7 Å². The van der Waals surface area contributed by atoms with Gasteiger partial charge in [-0.05, 0) is 24.6 Å². The first kappa shape index (κ1) is 11.6. The van der Waals surface area contributed by atoms with Gasteiger partial charge in [-0.2, -0.15) is 0 Å². The van der Waals surface area contributed by atoms with Gasteiger partial charge in [0.15, 0.2) is 0 Å². The molecular formula is C12H13FN4. The molecule has 0 saturated heterocycles. The molecule has 0 saturated carbocycles. The molecule has 3 N–H and O–H groups in total. The Morgan fingerprint density at radius 3 is 2.82 bits per heavy atom. The highest BCUT2D eigenvalue weighted by Gasteiger charge is 2.19. The van der Waals surface area contributed by atoms with Crippen molar-refractivity contribution >= 4 is 0 Å². The van der Waals surface area contributed by atoms with Gasteiger partial charge in [0.05, 0.1) is 17.9 Å². The normalized spacial score (nSPS) is 12.4. The van der Waals surface area contributed by atoms with Crippen molar-refractivity contribution in [1.29, 1.82) is 0 Å². The predicted molar refractivity (Wildman–Crippen MR) is 62.3 cm³/mol. The molecule has 2 aromatic rings. The number of aryl methyl sites for hydroxylation is 1. The molecule has 2 aromatic heterocycles. The van der Waals surface area contributed by atoms with Crippen molar-refractivity contribution in [2.75, 3.05) is 0 Å². The molecule has 0 bridgehead atoms. The first-order chi connectivity index (χ1) is 8.24. The molecule has 88 valence electrons. The summed E-state index contributed by atoms with van der Waals surface area (Å²) in [5, 5.41) is 0. The van der Waals surface area contributed by atoms with Crippen molar-refractivity contribution in [3.05, 3.63) is 59.4 Å². The van der Waals surface area contributed by atoms with Crippen LogP contribution in [0.4, 0.5) is 4.39 Å². The Morgan fingerprint density at radius 1 is 1.35 bits per heavy atom. The lowest BCUT2D eigenvalue weighted by atomic mass is 10.0. The fraction of sp³-hybridized carbons (Fsp3) is 0.167. The Hall–Kier alpha value is -1.85. The summed E-state index contributed by atoms with van der Waals surface area (Å²) in [4.78, 5) is 7.95. The number of hydrazine groups is 1. The second-order valence-corrected chi connectivity index (χ2v) is 3.70. The third-order valence-electron chi connectivity index (χ3n) is 2.60. The van der Waals surface area contributed by atoms with Gasteiger partial charge in [-0.1, -0.05) is 6.07 Å². The molecule has 0 aliphatic heterocycles. The van der Waals surface area contributed by atoms with Crippen molar-refractivity contribution in [3.8, 4) is 0 Å². The van der Waals surface area contributed by atoms with Crippen LogP contribution in [0.25, 0.3) is 0 Å². The zero-order valence-corrected chi connectivity index (χ0v) is 9.39. The van der Waals surface area contributed by atoms with Crippen LogP contribution in [0.2, 0.25) is 0 Å². The molecule has 1 unspecified atom stereocenters. The number of nitrogens with one attached hydrogen (secondary N) is 1. The van der Waals surface area contributed by atoms with Crippen LogP contribution in [0, 0.1) is 12.7 Å². The van der Waals surface area contributed by atoms with Crippen LogP contribution in [-0.4, -0.2) is 9.97 Å².